The maximum atomic E-state index is 11.1. The number of hydrogen-bond acceptors (Lipinski definition) is 3. The van der Waals surface area contributed by atoms with Crippen LogP contribution in [0.4, 0.5) is 0 Å². The van der Waals surface area contributed by atoms with Crippen molar-refractivity contribution >= 4 is 5.97 Å². The molecule has 1 aliphatic rings. The first-order chi connectivity index (χ1) is 6.31. The van der Waals surface area contributed by atoms with Crippen molar-refractivity contribution in [2.75, 3.05) is 7.11 Å². The smallest absolute Gasteiger partial charge is 0.356 e. The molecule has 0 saturated heterocycles. The molecule has 0 saturated carbocycles. The SMILES string of the molecule is COC(=O)c1cc2c(cn1)CCC2. The van der Waals surface area contributed by atoms with Gasteiger partial charge in [0.05, 0.1) is 7.11 Å². The Morgan fingerprint density at radius 3 is 3.00 bits per heavy atom. The van der Waals surface area contributed by atoms with Crippen molar-refractivity contribution < 1.29 is 9.53 Å². The van der Waals surface area contributed by atoms with Gasteiger partial charge in [-0.3, -0.25) is 0 Å². The molecule has 0 fully saturated rings. The molecule has 1 aromatic rings. The van der Waals surface area contributed by atoms with Gasteiger partial charge in [-0.05, 0) is 36.5 Å². The van der Waals surface area contributed by atoms with Crippen molar-refractivity contribution in [1.29, 1.82) is 0 Å². The van der Waals surface area contributed by atoms with E-state index in [1.54, 1.807) is 6.20 Å². The Kier molecular flexibility index (Phi) is 2.00. The predicted octanol–water partition coefficient (Wildman–Crippen LogP) is 1.36. The van der Waals surface area contributed by atoms with Crippen molar-refractivity contribution in [3.05, 3.63) is 29.1 Å². The fourth-order valence-electron chi connectivity index (χ4n) is 1.67. The van der Waals surface area contributed by atoms with E-state index in [4.69, 9.17) is 0 Å². The quantitative estimate of drug-likeness (QED) is 0.608. The summed E-state index contributed by atoms with van der Waals surface area (Å²) in [5.74, 6) is -0.352. The standard InChI is InChI=1S/C10H11NO2/c1-13-10(12)9-5-7-3-2-4-8(7)6-11-9/h5-6H,2-4H2,1H3. The fraction of sp³-hybridized carbons (Fsp3) is 0.400. The van der Waals surface area contributed by atoms with Crippen molar-refractivity contribution in [3.63, 3.8) is 0 Å². The predicted molar refractivity (Wildman–Crippen MR) is 47.6 cm³/mol. The largest absolute Gasteiger partial charge is 0.464 e. The molecule has 3 heteroatoms. The number of esters is 1. The number of fused-ring (bicyclic) bond motifs is 1. The summed E-state index contributed by atoms with van der Waals surface area (Å²) in [5, 5.41) is 0. The lowest BCUT2D eigenvalue weighted by atomic mass is 10.1. The van der Waals surface area contributed by atoms with Gasteiger partial charge in [-0.25, -0.2) is 9.78 Å². The number of methoxy groups -OCH3 is 1. The van der Waals surface area contributed by atoms with Crippen LogP contribution in [0.1, 0.15) is 28.0 Å². The summed E-state index contributed by atoms with van der Waals surface area (Å²) in [6.45, 7) is 0. The van der Waals surface area contributed by atoms with E-state index in [9.17, 15) is 4.79 Å². The molecule has 68 valence electrons. The Morgan fingerprint density at radius 1 is 1.46 bits per heavy atom. The van der Waals surface area contributed by atoms with E-state index >= 15 is 0 Å². The maximum absolute atomic E-state index is 11.1. The second kappa shape index (κ2) is 3.17. The van der Waals surface area contributed by atoms with Gasteiger partial charge in [0.25, 0.3) is 0 Å². The molecular formula is C10H11NO2. The van der Waals surface area contributed by atoms with Gasteiger partial charge in [0.2, 0.25) is 0 Å². The summed E-state index contributed by atoms with van der Waals surface area (Å²) in [7, 11) is 1.37. The Balaban J connectivity index is 2.36. The minimum Gasteiger partial charge on any atom is -0.464 e. The number of pyridine rings is 1. The van der Waals surface area contributed by atoms with Gasteiger partial charge in [0.1, 0.15) is 5.69 Å². The normalized spacial score (nSPS) is 13.9. The monoisotopic (exact) mass is 177 g/mol. The molecule has 1 heterocycles. The van der Waals surface area contributed by atoms with Gasteiger partial charge in [-0.2, -0.15) is 0 Å². The van der Waals surface area contributed by atoms with Gasteiger partial charge in [-0.1, -0.05) is 0 Å². The van der Waals surface area contributed by atoms with Crippen molar-refractivity contribution in [1.82, 2.24) is 4.98 Å². The van der Waals surface area contributed by atoms with E-state index in [0.717, 1.165) is 12.8 Å². The fourth-order valence-corrected chi connectivity index (χ4v) is 1.67. The van der Waals surface area contributed by atoms with Crippen LogP contribution in [0.5, 0.6) is 0 Å². The average molecular weight is 177 g/mol. The highest BCUT2D eigenvalue weighted by molar-refractivity contribution is 5.87. The average Bonchev–Trinajstić information content (AvgIpc) is 2.63. The lowest BCUT2D eigenvalue weighted by Gasteiger charge is -2.01. The molecule has 0 amide bonds. The molecule has 0 spiro atoms. The summed E-state index contributed by atoms with van der Waals surface area (Å²) in [5.41, 5.74) is 2.94. The first-order valence-corrected chi connectivity index (χ1v) is 4.37. The zero-order chi connectivity index (χ0) is 9.26. The summed E-state index contributed by atoms with van der Waals surface area (Å²) in [6.07, 6.45) is 5.10. The number of carbonyl (C=O) groups is 1. The summed E-state index contributed by atoms with van der Waals surface area (Å²) >= 11 is 0. The van der Waals surface area contributed by atoms with Crippen molar-refractivity contribution in [3.8, 4) is 0 Å². The highest BCUT2D eigenvalue weighted by Crippen LogP contribution is 2.21. The van der Waals surface area contributed by atoms with Crippen LogP contribution >= 0.6 is 0 Å². The number of ether oxygens (including phenoxy) is 1. The molecule has 1 aliphatic carbocycles. The van der Waals surface area contributed by atoms with Gasteiger partial charge < -0.3 is 4.74 Å². The lowest BCUT2D eigenvalue weighted by molar-refractivity contribution is 0.0594. The third-order valence-electron chi connectivity index (χ3n) is 2.37. The molecular weight excluding hydrogens is 166 g/mol. The van der Waals surface area contributed by atoms with E-state index in [1.807, 2.05) is 6.07 Å². The molecule has 0 unspecified atom stereocenters. The van der Waals surface area contributed by atoms with E-state index < -0.39 is 0 Å². The van der Waals surface area contributed by atoms with Crippen molar-refractivity contribution in [2.24, 2.45) is 0 Å². The minimum absolute atomic E-state index is 0.352. The Morgan fingerprint density at radius 2 is 2.23 bits per heavy atom. The van der Waals surface area contributed by atoms with Crippen LogP contribution in [0.2, 0.25) is 0 Å². The van der Waals surface area contributed by atoms with Crippen LogP contribution in [0.25, 0.3) is 0 Å². The van der Waals surface area contributed by atoms with Crippen LogP contribution in [0.15, 0.2) is 12.3 Å². The second-order valence-electron chi connectivity index (χ2n) is 3.18. The van der Waals surface area contributed by atoms with E-state index in [2.05, 4.69) is 9.72 Å². The molecule has 0 N–H and O–H groups in total. The van der Waals surface area contributed by atoms with Crippen LogP contribution in [-0.2, 0) is 17.6 Å². The first kappa shape index (κ1) is 8.23. The molecule has 13 heavy (non-hydrogen) atoms. The number of hydrogen-bond donors (Lipinski definition) is 0. The zero-order valence-electron chi connectivity index (χ0n) is 7.54. The Labute approximate surface area is 76.7 Å². The molecule has 0 aromatic carbocycles. The Bertz CT molecular complexity index is 347. The zero-order valence-corrected chi connectivity index (χ0v) is 7.54. The van der Waals surface area contributed by atoms with E-state index in [1.165, 1.54) is 24.7 Å². The van der Waals surface area contributed by atoms with Crippen molar-refractivity contribution in [2.45, 2.75) is 19.3 Å². The third kappa shape index (κ3) is 1.41. The minimum atomic E-state index is -0.352. The van der Waals surface area contributed by atoms with E-state index in [-0.39, 0.29) is 5.97 Å². The third-order valence-corrected chi connectivity index (χ3v) is 2.37. The lowest BCUT2D eigenvalue weighted by Crippen LogP contribution is -2.04. The van der Waals surface area contributed by atoms with E-state index in [0.29, 0.717) is 5.69 Å². The van der Waals surface area contributed by atoms with Gasteiger partial charge >= 0.3 is 5.97 Å². The van der Waals surface area contributed by atoms with Gasteiger partial charge in [0, 0.05) is 6.20 Å². The number of aromatic nitrogens is 1. The van der Waals surface area contributed by atoms with Crippen LogP contribution in [-0.4, -0.2) is 18.1 Å². The molecule has 0 atom stereocenters. The van der Waals surface area contributed by atoms with Gasteiger partial charge in [0.15, 0.2) is 0 Å². The summed E-state index contributed by atoms with van der Waals surface area (Å²) in [4.78, 5) is 15.2. The van der Waals surface area contributed by atoms with Crippen LogP contribution < -0.4 is 0 Å². The molecule has 3 nitrogen and oxygen atoms in total. The van der Waals surface area contributed by atoms with Crippen LogP contribution in [0.3, 0.4) is 0 Å². The highest BCUT2D eigenvalue weighted by atomic mass is 16.5. The van der Waals surface area contributed by atoms with Gasteiger partial charge in [-0.15, -0.1) is 0 Å². The number of nitrogens with zero attached hydrogens (tertiary/aromatic N) is 1. The summed E-state index contributed by atoms with van der Waals surface area (Å²) in [6, 6.07) is 1.84. The highest BCUT2D eigenvalue weighted by Gasteiger charge is 2.14. The maximum Gasteiger partial charge on any atom is 0.356 e. The number of rotatable bonds is 1. The molecule has 0 bridgehead atoms. The molecule has 1 aromatic heterocycles. The molecule has 2 rings (SSSR count). The summed E-state index contributed by atoms with van der Waals surface area (Å²) < 4.78 is 4.59. The Hall–Kier alpha value is -1.38. The molecule has 0 aliphatic heterocycles. The topological polar surface area (TPSA) is 39.2 Å². The first-order valence-electron chi connectivity index (χ1n) is 4.37. The number of carbonyl (C=O) groups excluding carboxylic acids is 1. The second-order valence-corrected chi connectivity index (χ2v) is 3.18. The molecule has 0 radical (unpaired) electrons. The van der Waals surface area contributed by atoms with Crippen LogP contribution in [0, 0.1) is 0 Å². The number of aryl methyl sites for hydroxylation is 2.